The predicted molar refractivity (Wildman–Crippen MR) is 111 cm³/mol. The van der Waals surface area contributed by atoms with Gasteiger partial charge in [0, 0.05) is 26.2 Å². The minimum atomic E-state index is 0.568. The number of hydrogen-bond donors (Lipinski definition) is 0. The fraction of sp³-hybridized carbons (Fsp3) is 1.00. The topological polar surface area (TPSA) is 9.72 Å². The van der Waals surface area contributed by atoms with Gasteiger partial charge in [-0.05, 0) is 100 Å². The molecule has 0 bridgehead atoms. The lowest BCUT2D eigenvalue weighted by Gasteiger charge is -2.56. The minimum Gasteiger partial charge on any atom is -0.306 e. The average molecular weight is 362 g/mol. The molecule has 0 amide bonds. The van der Waals surface area contributed by atoms with E-state index < -0.39 is 0 Å². The summed E-state index contributed by atoms with van der Waals surface area (Å²) in [4.78, 5) is 8.12. The summed E-state index contributed by atoms with van der Waals surface area (Å²) in [6.07, 6.45) is 10.1. The van der Waals surface area contributed by atoms with Gasteiger partial charge in [-0.25, -0.2) is 0 Å². The van der Waals surface area contributed by atoms with Crippen LogP contribution < -0.4 is 0 Å². The van der Waals surface area contributed by atoms with E-state index >= 15 is 0 Å². The Balaban J connectivity index is 1.20. The zero-order chi connectivity index (χ0) is 18.4. The van der Waals surface area contributed by atoms with Gasteiger partial charge in [-0.2, -0.15) is 0 Å². The molecule has 4 fully saturated rings. The lowest BCUT2D eigenvalue weighted by molar-refractivity contribution is -0.0685. The molecule has 3 heteroatoms. The van der Waals surface area contributed by atoms with E-state index in [2.05, 4.69) is 42.5 Å². The van der Waals surface area contributed by atoms with Crippen molar-refractivity contribution in [2.24, 2.45) is 22.2 Å². The Hall–Kier alpha value is -0.120. The first-order chi connectivity index (χ1) is 12.3. The molecular formula is C23H43N3. The van der Waals surface area contributed by atoms with Crippen LogP contribution in [0.15, 0.2) is 0 Å². The molecule has 0 aromatic heterocycles. The van der Waals surface area contributed by atoms with Crippen LogP contribution in [0.4, 0.5) is 0 Å². The van der Waals surface area contributed by atoms with Crippen LogP contribution in [0, 0.1) is 22.2 Å². The molecule has 1 aliphatic carbocycles. The van der Waals surface area contributed by atoms with Crippen LogP contribution >= 0.6 is 0 Å². The molecular weight excluding hydrogens is 318 g/mol. The summed E-state index contributed by atoms with van der Waals surface area (Å²) in [5.41, 5.74) is 1.97. The zero-order valence-corrected chi connectivity index (χ0v) is 18.0. The highest BCUT2D eigenvalue weighted by molar-refractivity contribution is 5.01. The Kier molecular flexibility index (Phi) is 5.20. The summed E-state index contributed by atoms with van der Waals surface area (Å²) in [5, 5.41) is 0. The highest BCUT2D eigenvalue weighted by atomic mass is 15.2. The highest BCUT2D eigenvalue weighted by Crippen LogP contribution is 2.52. The van der Waals surface area contributed by atoms with Crippen molar-refractivity contribution in [1.82, 2.24) is 14.7 Å². The summed E-state index contributed by atoms with van der Waals surface area (Å²) >= 11 is 0. The maximum absolute atomic E-state index is 2.81. The van der Waals surface area contributed by atoms with Crippen molar-refractivity contribution in [2.75, 3.05) is 59.4 Å². The maximum atomic E-state index is 2.81. The fourth-order valence-electron chi connectivity index (χ4n) is 6.32. The third-order valence-electron chi connectivity index (χ3n) is 8.19. The van der Waals surface area contributed by atoms with E-state index in [1.54, 1.807) is 0 Å². The lowest BCUT2D eigenvalue weighted by atomic mass is 9.70. The first-order valence-corrected chi connectivity index (χ1v) is 11.4. The first kappa shape index (κ1) is 19.2. The van der Waals surface area contributed by atoms with Crippen LogP contribution in [0.25, 0.3) is 0 Å². The smallest absolute Gasteiger partial charge is 0.00517 e. The van der Waals surface area contributed by atoms with Crippen LogP contribution in [-0.2, 0) is 0 Å². The maximum Gasteiger partial charge on any atom is 0.00517 e. The van der Waals surface area contributed by atoms with Crippen LogP contribution in [0.1, 0.15) is 65.7 Å². The second kappa shape index (κ2) is 7.04. The van der Waals surface area contributed by atoms with Gasteiger partial charge in [0.1, 0.15) is 0 Å². The monoisotopic (exact) mass is 361 g/mol. The van der Waals surface area contributed by atoms with E-state index in [-0.39, 0.29) is 0 Å². The molecule has 150 valence electrons. The molecule has 0 atom stereocenters. The molecule has 0 aromatic rings. The molecule has 0 unspecified atom stereocenters. The Morgan fingerprint density at radius 3 is 1.92 bits per heavy atom. The van der Waals surface area contributed by atoms with Gasteiger partial charge in [-0.15, -0.1) is 0 Å². The summed E-state index contributed by atoms with van der Waals surface area (Å²) < 4.78 is 0. The fourth-order valence-corrected chi connectivity index (χ4v) is 6.32. The molecule has 4 rings (SSSR count). The number of hydrogen-bond acceptors (Lipinski definition) is 3. The van der Waals surface area contributed by atoms with Gasteiger partial charge in [-0.1, -0.05) is 20.8 Å². The van der Waals surface area contributed by atoms with Crippen molar-refractivity contribution >= 4 is 0 Å². The van der Waals surface area contributed by atoms with Crippen LogP contribution in [0.2, 0.25) is 0 Å². The van der Waals surface area contributed by atoms with Crippen molar-refractivity contribution in [1.29, 1.82) is 0 Å². The van der Waals surface area contributed by atoms with Crippen LogP contribution in [0.5, 0.6) is 0 Å². The van der Waals surface area contributed by atoms with Crippen molar-refractivity contribution < 1.29 is 0 Å². The zero-order valence-electron chi connectivity index (χ0n) is 18.0. The Bertz CT molecular complexity index is 472. The van der Waals surface area contributed by atoms with Gasteiger partial charge < -0.3 is 14.7 Å². The predicted octanol–water partition coefficient (Wildman–Crippen LogP) is 3.94. The molecule has 0 aromatic carbocycles. The Labute approximate surface area is 162 Å². The van der Waals surface area contributed by atoms with Crippen molar-refractivity contribution in [3.63, 3.8) is 0 Å². The van der Waals surface area contributed by atoms with Crippen molar-refractivity contribution in [3.8, 4) is 0 Å². The van der Waals surface area contributed by atoms with E-state index in [0.717, 1.165) is 5.92 Å². The van der Waals surface area contributed by atoms with Gasteiger partial charge in [0.2, 0.25) is 0 Å². The summed E-state index contributed by atoms with van der Waals surface area (Å²) in [6.45, 7) is 18.2. The van der Waals surface area contributed by atoms with Gasteiger partial charge in [0.25, 0.3) is 0 Å². The number of piperidine rings is 2. The summed E-state index contributed by atoms with van der Waals surface area (Å²) in [6, 6.07) is 0. The van der Waals surface area contributed by atoms with Crippen LogP contribution in [-0.4, -0.2) is 74.1 Å². The van der Waals surface area contributed by atoms with E-state index in [4.69, 9.17) is 0 Å². The van der Waals surface area contributed by atoms with E-state index in [0.29, 0.717) is 16.2 Å². The van der Waals surface area contributed by atoms with Gasteiger partial charge in [0.05, 0.1) is 0 Å². The van der Waals surface area contributed by atoms with E-state index in [9.17, 15) is 0 Å². The molecule has 4 aliphatic rings. The molecule has 1 saturated carbocycles. The van der Waals surface area contributed by atoms with E-state index in [1.165, 1.54) is 97.3 Å². The molecule has 0 radical (unpaired) electrons. The molecule has 3 aliphatic heterocycles. The number of rotatable bonds is 6. The largest absolute Gasteiger partial charge is 0.306 e. The SMILES string of the molecule is CC(C)CC1(CN2CCC(C)(CN3CC4(CCN(C)CC4)C3)CC2)CC1. The highest BCUT2D eigenvalue weighted by Gasteiger charge is 2.47. The first-order valence-electron chi connectivity index (χ1n) is 11.4. The lowest BCUT2D eigenvalue weighted by Crippen LogP contribution is -2.62. The van der Waals surface area contributed by atoms with Crippen LogP contribution in [0.3, 0.4) is 0 Å². The third-order valence-corrected chi connectivity index (χ3v) is 8.19. The Morgan fingerprint density at radius 2 is 1.38 bits per heavy atom. The molecule has 3 heterocycles. The molecule has 1 spiro atoms. The average Bonchev–Trinajstić information content (AvgIpc) is 3.29. The number of nitrogens with zero attached hydrogens (tertiary/aromatic N) is 3. The number of likely N-dealkylation sites (tertiary alicyclic amines) is 3. The molecule has 0 N–H and O–H groups in total. The normalized spacial score (nSPS) is 31.3. The van der Waals surface area contributed by atoms with Crippen molar-refractivity contribution in [2.45, 2.75) is 65.7 Å². The van der Waals surface area contributed by atoms with E-state index in [1.807, 2.05) is 0 Å². The molecule has 3 saturated heterocycles. The molecule has 26 heavy (non-hydrogen) atoms. The second-order valence-electron chi connectivity index (χ2n) is 11.6. The molecule has 3 nitrogen and oxygen atoms in total. The van der Waals surface area contributed by atoms with Gasteiger partial charge in [0.15, 0.2) is 0 Å². The third kappa shape index (κ3) is 4.31. The van der Waals surface area contributed by atoms with Gasteiger partial charge in [-0.3, -0.25) is 0 Å². The van der Waals surface area contributed by atoms with Gasteiger partial charge >= 0.3 is 0 Å². The quantitative estimate of drug-likeness (QED) is 0.709. The summed E-state index contributed by atoms with van der Waals surface area (Å²) in [5.74, 6) is 0.867. The second-order valence-corrected chi connectivity index (χ2v) is 11.6. The summed E-state index contributed by atoms with van der Waals surface area (Å²) in [7, 11) is 2.28. The minimum absolute atomic E-state index is 0.568. The standard InChI is InChI=1S/C23H43N3/c1-20(2)15-22(5-6-22)17-25-13-7-21(3,8-14-25)16-26-18-23(19-26)9-11-24(4)12-10-23/h20H,5-19H2,1-4H3. The van der Waals surface area contributed by atoms with Crippen molar-refractivity contribution in [3.05, 3.63) is 0 Å². The Morgan fingerprint density at radius 1 is 0.769 bits per heavy atom.